The third-order valence-corrected chi connectivity index (χ3v) is 3.34. The van der Waals surface area contributed by atoms with E-state index in [2.05, 4.69) is 5.10 Å². The van der Waals surface area contributed by atoms with Crippen LogP contribution in [0.2, 0.25) is 0 Å². The fourth-order valence-corrected chi connectivity index (χ4v) is 2.33. The molecule has 1 unspecified atom stereocenters. The average molecular weight is 226 g/mol. The fraction of sp³-hybridized carbons (Fsp3) is 0.600. The van der Waals surface area contributed by atoms with E-state index in [9.17, 15) is 4.79 Å². The molecule has 1 saturated heterocycles. The molecule has 0 aromatic carbocycles. The van der Waals surface area contributed by atoms with E-state index in [1.54, 1.807) is 28.8 Å². The van der Waals surface area contributed by atoms with Gasteiger partial charge >= 0.3 is 0 Å². The minimum Gasteiger partial charge on any atom is -0.368 e. The second kappa shape index (κ2) is 4.81. The Labute approximate surface area is 93.0 Å². The van der Waals surface area contributed by atoms with Gasteiger partial charge in [0.1, 0.15) is 6.10 Å². The van der Waals surface area contributed by atoms with Crippen LogP contribution >= 0.6 is 11.8 Å². The number of hydrogen-bond acceptors (Lipinski definition) is 4. The molecular weight excluding hydrogens is 212 g/mol. The van der Waals surface area contributed by atoms with E-state index >= 15 is 0 Å². The number of ketones is 1. The molecule has 1 aromatic rings. The van der Waals surface area contributed by atoms with E-state index in [1.165, 1.54) is 0 Å². The molecule has 1 aliphatic heterocycles. The molecule has 0 bridgehead atoms. The predicted octanol–water partition coefficient (Wildman–Crippen LogP) is 1.22. The first-order valence-electron chi connectivity index (χ1n) is 5.07. The van der Waals surface area contributed by atoms with Crippen LogP contribution in [0.5, 0.6) is 0 Å². The molecule has 0 aliphatic carbocycles. The van der Waals surface area contributed by atoms with Crippen LogP contribution in [-0.2, 0) is 11.3 Å². The number of aryl methyl sites for hydroxylation is 1. The molecule has 82 valence electrons. The summed E-state index contributed by atoms with van der Waals surface area (Å²) in [6.07, 6.45) is 3.12. The lowest BCUT2D eigenvalue weighted by atomic mass is 10.1. The van der Waals surface area contributed by atoms with Crippen molar-refractivity contribution in [3.05, 3.63) is 18.0 Å². The zero-order chi connectivity index (χ0) is 10.7. The third-order valence-electron chi connectivity index (χ3n) is 2.35. The molecule has 0 saturated carbocycles. The molecule has 1 atom stereocenters. The predicted molar refractivity (Wildman–Crippen MR) is 59.3 cm³/mol. The number of thioether (sulfide) groups is 1. The summed E-state index contributed by atoms with van der Waals surface area (Å²) in [4.78, 5) is 11.9. The van der Waals surface area contributed by atoms with Gasteiger partial charge in [-0.25, -0.2) is 0 Å². The third kappa shape index (κ3) is 2.41. The highest BCUT2D eigenvalue weighted by Crippen LogP contribution is 2.16. The van der Waals surface area contributed by atoms with Gasteiger partial charge in [-0.15, -0.1) is 0 Å². The Kier molecular flexibility index (Phi) is 3.43. The van der Waals surface area contributed by atoms with E-state index in [0.717, 1.165) is 18.1 Å². The maximum absolute atomic E-state index is 11.9. The molecular formula is C10H14N2O2S. The highest BCUT2D eigenvalue weighted by molar-refractivity contribution is 7.99. The molecule has 4 nitrogen and oxygen atoms in total. The SMILES string of the molecule is CCn1cc(C(=O)C2CSCCO2)cn1. The summed E-state index contributed by atoms with van der Waals surface area (Å²) in [5.74, 6) is 1.80. The van der Waals surface area contributed by atoms with Crippen molar-refractivity contribution >= 4 is 17.5 Å². The van der Waals surface area contributed by atoms with Crippen LogP contribution in [-0.4, -0.2) is 39.8 Å². The first-order valence-corrected chi connectivity index (χ1v) is 6.22. The van der Waals surface area contributed by atoms with Crippen molar-refractivity contribution in [2.75, 3.05) is 18.1 Å². The van der Waals surface area contributed by atoms with Crippen LogP contribution in [0.15, 0.2) is 12.4 Å². The van der Waals surface area contributed by atoms with Crippen LogP contribution in [0.4, 0.5) is 0 Å². The Morgan fingerprint density at radius 3 is 3.27 bits per heavy atom. The molecule has 2 heterocycles. The Morgan fingerprint density at radius 1 is 1.80 bits per heavy atom. The minimum atomic E-state index is -0.279. The molecule has 0 radical (unpaired) electrons. The van der Waals surface area contributed by atoms with Crippen LogP contribution in [0, 0.1) is 0 Å². The lowest BCUT2D eigenvalue weighted by Gasteiger charge is -2.20. The number of nitrogens with zero attached hydrogens (tertiary/aromatic N) is 2. The van der Waals surface area contributed by atoms with Crippen molar-refractivity contribution in [2.45, 2.75) is 19.6 Å². The lowest BCUT2D eigenvalue weighted by molar-refractivity contribution is 0.0518. The largest absolute Gasteiger partial charge is 0.368 e. The number of aromatic nitrogens is 2. The van der Waals surface area contributed by atoms with Crippen molar-refractivity contribution < 1.29 is 9.53 Å². The second-order valence-corrected chi connectivity index (χ2v) is 4.53. The molecule has 5 heteroatoms. The molecule has 1 aromatic heterocycles. The lowest BCUT2D eigenvalue weighted by Crippen LogP contribution is -2.31. The van der Waals surface area contributed by atoms with Gasteiger partial charge in [0.05, 0.1) is 18.4 Å². The van der Waals surface area contributed by atoms with Gasteiger partial charge in [-0.2, -0.15) is 16.9 Å². The zero-order valence-electron chi connectivity index (χ0n) is 8.68. The van der Waals surface area contributed by atoms with Gasteiger partial charge in [-0.1, -0.05) is 0 Å². The van der Waals surface area contributed by atoms with E-state index in [4.69, 9.17) is 4.74 Å². The van der Waals surface area contributed by atoms with E-state index < -0.39 is 0 Å². The summed E-state index contributed by atoms with van der Waals surface area (Å²) in [7, 11) is 0. The van der Waals surface area contributed by atoms with E-state index in [0.29, 0.717) is 12.2 Å². The average Bonchev–Trinajstić information content (AvgIpc) is 2.78. The van der Waals surface area contributed by atoms with Crippen molar-refractivity contribution in [1.29, 1.82) is 0 Å². The van der Waals surface area contributed by atoms with Gasteiger partial charge in [0.15, 0.2) is 5.78 Å². The number of Topliss-reactive ketones (excluding diaryl/α,β-unsaturated/α-hetero) is 1. The molecule has 0 N–H and O–H groups in total. The topological polar surface area (TPSA) is 44.1 Å². The molecule has 2 rings (SSSR count). The van der Waals surface area contributed by atoms with E-state index in [-0.39, 0.29) is 11.9 Å². The second-order valence-electron chi connectivity index (χ2n) is 3.38. The van der Waals surface area contributed by atoms with Gasteiger partial charge < -0.3 is 4.74 Å². The fourth-order valence-electron chi connectivity index (χ4n) is 1.49. The Balaban J connectivity index is 2.05. The van der Waals surface area contributed by atoms with Crippen molar-refractivity contribution in [1.82, 2.24) is 9.78 Å². The molecule has 1 aliphatic rings. The zero-order valence-corrected chi connectivity index (χ0v) is 9.50. The normalized spacial score (nSPS) is 21.5. The molecule has 0 amide bonds. The smallest absolute Gasteiger partial charge is 0.195 e. The number of ether oxygens (including phenoxy) is 1. The van der Waals surface area contributed by atoms with Crippen molar-refractivity contribution in [2.24, 2.45) is 0 Å². The first-order chi connectivity index (χ1) is 7.31. The van der Waals surface area contributed by atoms with Crippen molar-refractivity contribution in [3.63, 3.8) is 0 Å². The maximum Gasteiger partial charge on any atom is 0.195 e. The first kappa shape index (κ1) is 10.7. The molecule has 1 fully saturated rings. The van der Waals surface area contributed by atoms with Gasteiger partial charge in [0.2, 0.25) is 0 Å². The quantitative estimate of drug-likeness (QED) is 0.727. The van der Waals surface area contributed by atoms with Crippen molar-refractivity contribution in [3.8, 4) is 0 Å². The monoisotopic (exact) mass is 226 g/mol. The summed E-state index contributed by atoms with van der Waals surface area (Å²) in [5, 5.41) is 4.08. The summed E-state index contributed by atoms with van der Waals surface area (Å²) < 4.78 is 7.18. The van der Waals surface area contributed by atoms with Crippen LogP contribution in [0.25, 0.3) is 0 Å². The van der Waals surface area contributed by atoms with Gasteiger partial charge in [-0.05, 0) is 6.92 Å². The number of hydrogen-bond donors (Lipinski definition) is 0. The molecule has 0 spiro atoms. The van der Waals surface area contributed by atoms with Crippen LogP contribution in [0.1, 0.15) is 17.3 Å². The highest BCUT2D eigenvalue weighted by atomic mass is 32.2. The highest BCUT2D eigenvalue weighted by Gasteiger charge is 2.24. The van der Waals surface area contributed by atoms with E-state index in [1.807, 2.05) is 6.92 Å². The summed E-state index contributed by atoms with van der Waals surface area (Å²) >= 11 is 1.77. The summed E-state index contributed by atoms with van der Waals surface area (Å²) in [5.41, 5.74) is 0.657. The number of rotatable bonds is 3. The van der Waals surface area contributed by atoms with Crippen LogP contribution in [0.3, 0.4) is 0 Å². The minimum absolute atomic E-state index is 0.0573. The summed E-state index contributed by atoms with van der Waals surface area (Å²) in [6.45, 7) is 3.45. The Morgan fingerprint density at radius 2 is 2.67 bits per heavy atom. The Hall–Kier alpha value is -0.810. The number of carbonyl (C=O) groups excluding carboxylic acids is 1. The standard InChI is InChI=1S/C10H14N2O2S/c1-2-12-6-8(5-11-12)10(13)9-7-15-4-3-14-9/h5-6,9H,2-4,7H2,1H3. The number of carbonyl (C=O) groups is 1. The summed E-state index contributed by atoms with van der Waals surface area (Å²) in [6, 6.07) is 0. The van der Waals surface area contributed by atoms with Crippen LogP contribution < -0.4 is 0 Å². The Bertz CT molecular complexity index is 345. The maximum atomic E-state index is 11.9. The van der Waals surface area contributed by atoms with Gasteiger partial charge in [0.25, 0.3) is 0 Å². The van der Waals surface area contributed by atoms with Gasteiger partial charge in [-0.3, -0.25) is 9.48 Å². The molecule has 15 heavy (non-hydrogen) atoms. The van der Waals surface area contributed by atoms with Gasteiger partial charge in [0, 0.05) is 24.2 Å².